The SMILES string of the molecule is CCCCNC(=NCC(=O)N(C)C)NCC(C)(C)N1CCCCC1. The molecule has 1 fully saturated rings. The molecule has 0 aliphatic carbocycles. The number of unbranched alkanes of at least 4 members (excludes halogenated alkanes) is 1. The summed E-state index contributed by atoms with van der Waals surface area (Å²) in [6, 6.07) is 0. The molecule has 0 unspecified atom stereocenters. The Hall–Kier alpha value is -1.30. The topological polar surface area (TPSA) is 60.0 Å². The van der Waals surface area contributed by atoms with Gasteiger partial charge in [0, 0.05) is 32.7 Å². The molecule has 1 heterocycles. The number of likely N-dealkylation sites (N-methyl/N-ethyl adjacent to an activating group) is 1. The zero-order chi connectivity index (χ0) is 18.0. The Morgan fingerprint density at radius 2 is 1.83 bits per heavy atom. The van der Waals surface area contributed by atoms with Crippen LogP contribution in [0.15, 0.2) is 4.99 Å². The summed E-state index contributed by atoms with van der Waals surface area (Å²) >= 11 is 0. The minimum absolute atomic E-state index is 0.0156. The highest BCUT2D eigenvalue weighted by molar-refractivity contribution is 5.84. The molecule has 0 saturated carbocycles. The first-order valence-electron chi connectivity index (χ1n) is 9.34. The number of rotatable bonds is 8. The molecule has 140 valence electrons. The largest absolute Gasteiger partial charge is 0.356 e. The molecular formula is C18H37N5O. The zero-order valence-corrected chi connectivity index (χ0v) is 16.3. The van der Waals surface area contributed by atoms with E-state index < -0.39 is 0 Å². The summed E-state index contributed by atoms with van der Waals surface area (Å²) in [5, 5.41) is 6.78. The first kappa shape index (κ1) is 20.7. The van der Waals surface area contributed by atoms with Crippen LogP contribution in [0.25, 0.3) is 0 Å². The van der Waals surface area contributed by atoms with Crippen molar-refractivity contribution in [2.24, 2.45) is 4.99 Å². The number of hydrogen-bond acceptors (Lipinski definition) is 3. The molecule has 1 aliphatic heterocycles. The summed E-state index contributed by atoms with van der Waals surface area (Å²) in [6.07, 6.45) is 6.15. The monoisotopic (exact) mass is 339 g/mol. The van der Waals surface area contributed by atoms with Crippen LogP contribution in [-0.2, 0) is 4.79 Å². The number of aliphatic imine (C=N–C) groups is 1. The summed E-state index contributed by atoms with van der Waals surface area (Å²) in [7, 11) is 3.52. The summed E-state index contributed by atoms with van der Waals surface area (Å²) in [4.78, 5) is 20.4. The van der Waals surface area contributed by atoms with Crippen molar-refractivity contribution < 1.29 is 4.79 Å². The maximum absolute atomic E-state index is 11.8. The number of amides is 1. The van der Waals surface area contributed by atoms with E-state index in [0.717, 1.165) is 31.9 Å². The van der Waals surface area contributed by atoms with Gasteiger partial charge in [-0.1, -0.05) is 19.8 Å². The van der Waals surface area contributed by atoms with E-state index in [0.29, 0.717) is 0 Å². The average Bonchev–Trinajstić information content (AvgIpc) is 2.57. The summed E-state index contributed by atoms with van der Waals surface area (Å²) < 4.78 is 0. The van der Waals surface area contributed by atoms with E-state index in [2.05, 4.69) is 41.3 Å². The fraction of sp³-hybridized carbons (Fsp3) is 0.889. The highest BCUT2D eigenvalue weighted by Gasteiger charge is 2.27. The Morgan fingerprint density at radius 1 is 1.17 bits per heavy atom. The number of likely N-dealkylation sites (tertiary alicyclic amines) is 1. The van der Waals surface area contributed by atoms with Gasteiger partial charge in [0.1, 0.15) is 6.54 Å². The Balaban J connectivity index is 2.58. The lowest BCUT2D eigenvalue weighted by atomic mass is 9.98. The highest BCUT2D eigenvalue weighted by atomic mass is 16.2. The molecule has 0 aromatic heterocycles. The molecule has 6 nitrogen and oxygen atoms in total. The van der Waals surface area contributed by atoms with Crippen molar-refractivity contribution in [2.75, 3.05) is 46.8 Å². The number of nitrogens with zero attached hydrogens (tertiary/aromatic N) is 3. The molecule has 0 atom stereocenters. The fourth-order valence-corrected chi connectivity index (χ4v) is 2.76. The first-order chi connectivity index (χ1) is 11.4. The lowest BCUT2D eigenvalue weighted by Crippen LogP contribution is -2.55. The second-order valence-corrected chi connectivity index (χ2v) is 7.45. The molecule has 1 aliphatic rings. The zero-order valence-electron chi connectivity index (χ0n) is 16.3. The van der Waals surface area contributed by atoms with Crippen molar-refractivity contribution >= 4 is 11.9 Å². The fourth-order valence-electron chi connectivity index (χ4n) is 2.76. The summed E-state index contributed by atoms with van der Waals surface area (Å²) in [5.74, 6) is 0.755. The number of carbonyl (C=O) groups is 1. The molecule has 1 saturated heterocycles. The molecule has 1 amide bonds. The van der Waals surface area contributed by atoms with Crippen LogP contribution in [0.1, 0.15) is 52.9 Å². The van der Waals surface area contributed by atoms with Gasteiger partial charge in [-0.3, -0.25) is 9.69 Å². The van der Waals surface area contributed by atoms with Crippen molar-refractivity contribution in [3.8, 4) is 0 Å². The number of nitrogens with one attached hydrogen (secondary N) is 2. The van der Waals surface area contributed by atoms with Crippen LogP contribution in [0.3, 0.4) is 0 Å². The second kappa shape index (κ2) is 10.5. The van der Waals surface area contributed by atoms with Gasteiger partial charge >= 0.3 is 0 Å². The van der Waals surface area contributed by atoms with Crippen LogP contribution >= 0.6 is 0 Å². The molecule has 0 radical (unpaired) electrons. The molecule has 24 heavy (non-hydrogen) atoms. The van der Waals surface area contributed by atoms with E-state index in [1.54, 1.807) is 19.0 Å². The standard InChI is InChI=1S/C18H37N5O/c1-6-7-11-19-17(20-14-16(24)22(4)5)21-15-18(2,3)23-12-9-8-10-13-23/h6-15H2,1-5H3,(H2,19,20,21). The molecule has 6 heteroatoms. The van der Waals surface area contributed by atoms with E-state index >= 15 is 0 Å². The van der Waals surface area contributed by atoms with E-state index in [-0.39, 0.29) is 18.0 Å². The minimum Gasteiger partial charge on any atom is -0.356 e. The van der Waals surface area contributed by atoms with Gasteiger partial charge in [-0.05, 0) is 46.2 Å². The van der Waals surface area contributed by atoms with E-state index in [1.165, 1.54) is 32.4 Å². The van der Waals surface area contributed by atoms with Crippen molar-refractivity contribution in [1.29, 1.82) is 0 Å². The lowest BCUT2D eigenvalue weighted by molar-refractivity contribution is -0.127. The van der Waals surface area contributed by atoms with Crippen LogP contribution in [0.2, 0.25) is 0 Å². The Bertz CT molecular complexity index is 400. The number of piperidine rings is 1. The third-order valence-corrected chi connectivity index (χ3v) is 4.59. The van der Waals surface area contributed by atoms with Gasteiger partial charge in [-0.15, -0.1) is 0 Å². The molecule has 0 aromatic carbocycles. The maximum atomic E-state index is 11.8. The summed E-state index contributed by atoms with van der Waals surface area (Å²) in [6.45, 7) is 10.9. The van der Waals surface area contributed by atoms with Crippen LogP contribution in [0, 0.1) is 0 Å². The van der Waals surface area contributed by atoms with Gasteiger partial charge in [-0.25, -0.2) is 4.99 Å². The van der Waals surface area contributed by atoms with Crippen LogP contribution in [-0.4, -0.2) is 74.0 Å². The Morgan fingerprint density at radius 3 is 2.42 bits per heavy atom. The van der Waals surface area contributed by atoms with Gasteiger partial charge in [0.15, 0.2) is 5.96 Å². The van der Waals surface area contributed by atoms with E-state index in [9.17, 15) is 4.79 Å². The predicted molar refractivity (Wildman–Crippen MR) is 101 cm³/mol. The number of hydrogen-bond donors (Lipinski definition) is 2. The molecule has 0 bridgehead atoms. The van der Waals surface area contributed by atoms with Gasteiger partial charge < -0.3 is 15.5 Å². The van der Waals surface area contributed by atoms with Gasteiger partial charge in [0.25, 0.3) is 0 Å². The minimum atomic E-state index is 0.0156. The second-order valence-electron chi connectivity index (χ2n) is 7.45. The van der Waals surface area contributed by atoms with Crippen molar-refractivity contribution in [3.63, 3.8) is 0 Å². The summed E-state index contributed by atoms with van der Waals surface area (Å²) in [5.41, 5.74) is 0.0825. The van der Waals surface area contributed by atoms with Crippen molar-refractivity contribution in [3.05, 3.63) is 0 Å². The highest BCUT2D eigenvalue weighted by Crippen LogP contribution is 2.19. The third-order valence-electron chi connectivity index (χ3n) is 4.59. The quantitative estimate of drug-likeness (QED) is 0.401. The lowest BCUT2D eigenvalue weighted by Gasteiger charge is -2.41. The Labute approximate surface area is 148 Å². The van der Waals surface area contributed by atoms with Crippen molar-refractivity contribution in [1.82, 2.24) is 20.4 Å². The Kier molecular flexibility index (Phi) is 9.11. The van der Waals surface area contributed by atoms with E-state index in [4.69, 9.17) is 0 Å². The first-order valence-corrected chi connectivity index (χ1v) is 9.34. The molecule has 0 spiro atoms. The normalized spacial score (nSPS) is 16.8. The third kappa shape index (κ3) is 7.51. The molecule has 1 rings (SSSR count). The predicted octanol–water partition coefficient (Wildman–Crippen LogP) is 1.67. The number of carbonyl (C=O) groups excluding carboxylic acids is 1. The van der Waals surface area contributed by atoms with Crippen LogP contribution < -0.4 is 10.6 Å². The molecule has 0 aromatic rings. The van der Waals surface area contributed by atoms with Crippen LogP contribution in [0.4, 0.5) is 0 Å². The molecule has 2 N–H and O–H groups in total. The maximum Gasteiger partial charge on any atom is 0.243 e. The van der Waals surface area contributed by atoms with Gasteiger partial charge in [0.2, 0.25) is 5.91 Å². The molecular weight excluding hydrogens is 302 g/mol. The van der Waals surface area contributed by atoms with E-state index in [1.807, 2.05) is 0 Å². The van der Waals surface area contributed by atoms with Gasteiger partial charge in [0.05, 0.1) is 0 Å². The average molecular weight is 340 g/mol. The smallest absolute Gasteiger partial charge is 0.243 e. The van der Waals surface area contributed by atoms with Crippen LogP contribution in [0.5, 0.6) is 0 Å². The van der Waals surface area contributed by atoms with Crippen molar-refractivity contribution in [2.45, 2.75) is 58.4 Å². The number of guanidine groups is 1. The van der Waals surface area contributed by atoms with Gasteiger partial charge in [-0.2, -0.15) is 0 Å².